The lowest BCUT2D eigenvalue weighted by molar-refractivity contribution is -0.151. The summed E-state index contributed by atoms with van der Waals surface area (Å²) in [4.78, 5) is 28.6. The lowest BCUT2D eigenvalue weighted by Crippen LogP contribution is -2.34. The third-order valence-electron chi connectivity index (χ3n) is 5.92. The number of ether oxygens (including phenoxy) is 1. The fourth-order valence-electron chi connectivity index (χ4n) is 4.30. The maximum atomic E-state index is 13.0. The van der Waals surface area contributed by atoms with Gasteiger partial charge in [0.15, 0.2) is 0 Å². The van der Waals surface area contributed by atoms with Crippen LogP contribution in [0.2, 0.25) is 0 Å². The monoisotopic (exact) mass is 408 g/mol. The molecule has 0 aromatic heterocycles. The smallest absolute Gasteiger partial charge is 0.302 e. The molecular formula is C25H32N2O3. The normalized spacial score (nSPS) is 18.9. The van der Waals surface area contributed by atoms with Crippen molar-refractivity contribution in [3.8, 4) is 0 Å². The summed E-state index contributed by atoms with van der Waals surface area (Å²) < 4.78 is 5.49. The Bertz CT molecular complexity index is 821. The third kappa shape index (κ3) is 5.02. The minimum Gasteiger partial charge on any atom is -0.463 e. The highest BCUT2D eigenvalue weighted by molar-refractivity contribution is 5.83. The lowest BCUT2D eigenvalue weighted by Gasteiger charge is -2.34. The quantitative estimate of drug-likeness (QED) is 0.669. The van der Waals surface area contributed by atoms with Gasteiger partial charge in [-0.2, -0.15) is 0 Å². The molecule has 0 spiro atoms. The summed E-state index contributed by atoms with van der Waals surface area (Å²) in [6.07, 6.45) is 1.43. The number of hydrogen-bond acceptors (Lipinski definition) is 5. The summed E-state index contributed by atoms with van der Waals surface area (Å²) in [7, 11) is 8.06. The summed E-state index contributed by atoms with van der Waals surface area (Å²) in [5.74, 6) is -0.311. The van der Waals surface area contributed by atoms with Crippen LogP contribution in [0.1, 0.15) is 43.2 Å². The van der Waals surface area contributed by atoms with Crippen molar-refractivity contribution in [1.29, 1.82) is 0 Å². The molecule has 1 saturated carbocycles. The van der Waals surface area contributed by atoms with Crippen LogP contribution in [-0.4, -0.2) is 46.0 Å². The Morgan fingerprint density at radius 1 is 0.900 bits per heavy atom. The van der Waals surface area contributed by atoms with E-state index < -0.39 is 0 Å². The Morgan fingerprint density at radius 3 is 1.77 bits per heavy atom. The standard InChI is InChI=1S/C25H32N2O3/c1-17(28)30-22-14-15-24(29)23(16-22)25(18-6-10-20(11-7-18)26(2)3)19-8-12-21(13-9-19)27(4)5/h6-13,22-23,25H,14-16H2,1-5H3/t22-,23+/m0/s1. The van der Waals surface area contributed by atoms with Gasteiger partial charge in [-0.3, -0.25) is 9.59 Å². The number of esters is 1. The van der Waals surface area contributed by atoms with Gasteiger partial charge in [0.25, 0.3) is 0 Å². The molecule has 0 unspecified atom stereocenters. The zero-order chi connectivity index (χ0) is 21.8. The van der Waals surface area contributed by atoms with Gasteiger partial charge in [0, 0.05) is 64.7 Å². The van der Waals surface area contributed by atoms with Gasteiger partial charge in [0.1, 0.15) is 11.9 Å². The first-order valence-electron chi connectivity index (χ1n) is 10.5. The number of anilines is 2. The predicted octanol–water partition coefficient (Wildman–Crippen LogP) is 4.25. The number of Topliss-reactive ketones (excluding diaryl/α,β-unsaturated/α-hetero) is 1. The molecule has 3 rings (SSSR count). The second-order valence-electron chi connectivity index (χ2n) is 8.53. The number of rotatable bonds is 6. The van der Waals surface area contributed by atoms with Gasteiger partial charge < -0.3 is 14.5 Å². The largest absolute Gasteiger partial charge is 0.463 e. The van der Waals surface area contributed by atoms with Crippen LogP contribution in [0.5, 0.6) is 0 Å². The highest BCUT2D eigenvalue weighted by Gasteiger charge is 2.37. The topological polar surface area (TPSA) is 49.9 Å². The predicted molar refractivity (Wildman–Crippen MR) is 121 cm³/mol. The number of benzene rings is 2. The fraction of sp³-hybridized carbons (Fsp3) is 0.440. The zero-order valence-electron chi connectivity index (χ0n) is 18.6. The lowest BCUT2D eigenvalue weighted by atomic mass is 9.72. The van der Waals surface area contributed by atoms with E-state index in [4.69, 9.17) is 4.74 Å². The first-order valence-corrected chi connectivity index (χ1v) is 10.5. The average molecular weight is 409 g/mol. The van der Waals surface area contributed by atoms with E-state index in [1.807, 2.05) is 28.2 Å². The molecule has 1 aliphatic carbocycles. The molecule has 2 aromatic rings. The van der Waals surface area contributed by atoms with E-state index in [9.17, 15) is 9.59 Å². The Balaban J connectivity index is 1.99. The molecule has 30 heavy (non-hydrogen) atoms. The molecule has 160 valence electrons. The zero-order valence-corrected chi connectivity index (χ0v) is 18.6. The SMILES string of the molecule is CC(=O)O[C@H]1CCC(=O)[C@H](C(c2ccc(N(C)C)cc2)c2ccc(N(C)C)cc2)C1. The molecule has 5 nitrogen and oxygen atoms in total. The van der Waals surface area contributed by atoms with E-state index in [0.29, 0.717) is 19.3 Å². The van der Waals surface area contributed by atoms with Gasteiger partial charge in [-0.05, 0) is 48.2 Å². The molecule has 5 heteroatoms. The van der Waals surface area contributed by atoms with Crippen molar-refractivity contribution in [3.63, 3.8) is 0 Å². The molecule has 2 aromatic carbocycles. The van der Waals surface area contributed by atoms with Gasteiger partial charge in [0.05, 0.1) is 0 Å². The molecule has 0 heterocycles. The van der Waals surface area contributed by atoms with Crippen LogP contribution in [0.3, 0.4) is 0 Å². The second-order valence-corrected chi connectivity index (χ2v) is 8.53. The summed E-state index contributed by atoms with van der Waals surface area (Å²) in [5, 5.41) is 0. The summed E-state index contributed by atoms with van der Waals surface area (Å²) in [6, 6.07) is 16.8. The molecule has 0 saturated heterocycles. The first-order chi connectivity index (χ1) is 14.3. The van der Waals surface area contributed by atoms with Gasteiger partial charge in [0.2, 0.25) is 0 Å². The minimum atomic E-state index is -0.282. The van der Waals surface area contributed by atoms with Crippen molar-refractivity contribution in [1.82, 2.24) is 0 Å². The molecule has 0 bridgehead atoms. The molecule has 0 radical (unpaired) electrons. The molecular weight excluding hydrogens is 376 g/mol. The van der Waals surface area contributed by atoms with Crippen molar-refractivity contribution in [2.45, 2.75) is 38.2 Å². The van der Waals surface area contributed by atoms with Crippen LogP contribution in [0.15, 0.2) is 48.5 Å². The van der Waals surface area contributed by atoms with Crippen LogP contribution in [0.4, 0.5) is 11.4 Å². The van der Waals surface area contributed by atoms with Crippen molar-refractivity contribution in [3.05, 3.63) is 59.7 Å². The number of ketones is 1. The second kappa shape index (κ2) is 9.33. The van der Waals surface area contributed by atoms with Gasteiger partial charge in [-0.25, -0.2) is 0 Å². The van der Waals surface area contributed by atoms with Crippen molar-refractivity contribution in [2.24, 2.45) is 5.92 Å². The third-order valence-corrected chi connectivity index (χ3v) is 5.92. The highest BCUT2D eigenvalue weighted by atomic mass is 16.5. The minimum absolute atomic E-state index is 0.0664. The molecule has 1 fully saturated rings. The van der Waals surface area contributed by atoms with Crippen LogP contribution in [-0.2, 0) is 14.3 Å². The summed E-state index contributed by atoms with van der Waals surface area (Å²) >= 11 is 0. The maximum absolute atomic E-state index is 13.0. The Labute approximate surface area is 179 Å². The van der Waals surface area contributed by atoms with Crippen molar-refractivity contribution in [2.75, 3.05) is 38.0 Å². The van der Waals surface area contributed by atoms with Gasteiger partial charge in [-0.15, -0.1) is 0 Å². The van der Waals surface area contributed by atoms with Crippen LogP contribution in [0.25, 0.3) is 0 Å². The Morgan fingerprint density at radius 2 is 1.37 bits per heavy atom. The molecule has 0 N–H and O–H groups in total. The fourth-order valence-corrected chi connectivity index (χ4v) is 4.30. The highest BCUT2D eigenvalue weighted by Crippen LogP contribution is 2.40. The van der Waals surface area contributed by atoms with Crippen molar-refractivity contribution < 1.29 is 14.3 Å². The number of hydrogen-bond donors (Lipinski definition) is 0. The van der Waals surface area contributed by atoms with Crippen LogP contribution in [0, 0.1) is 5.92 Å². The average Bonchev–Trinajstić information content (AvgIpc) is 2.71. The van der Waals surface area contributed by atoms with E-state index >= 15 is 0 Å². The molecule has 0 amide bonds. The Hall–Kier alpha value is -2.82. The van der Waals surface area contributed by atoms with E-state index in [-0.39, 0.29) is 29.7 Å². The van der Waals surface area contributed by atoms with Gasteiger partial charge in [-0.1, -0.05) is 24.3 Å². The van der Waals surface area contributed by atoms with E-state index in [1.54, 1.807) is 0 Å². The molecule has 0 aliphatic heterocycles. The molecule has 1 aliphatic rings. The first kappa shape index (κ1) is 21.9. The summed E-state index contributed by atoms with van der Waals surface area (Å²) in [5.41, 5.74) is 4.46. The van der Waals surface area contributed by atoms with Gasteiger partial charge >= 0.3 is 5.97 Å². The number of nitrogens with zero attached hydrogens (tertiary/aromatic N) is 2. The van der Waals surface area contributed by atoms with Crippen LogP contribution >= 0.6 is 0 Å². The van der Waals surface area contributed by atoms with E-state index in [0.717, 1.165) is 22.5 Å². The summed E-state index contributed by atoms with van der Waals surface area (Å²) in [6.45, 7) is 1.43. The van der Waals surface area contributed by atoms with Crippen LogP contribution < -0.4 is 9.80 Å². The Kier molecular flexibility index (Phi) is 6.80. The molecule has 2 atom stereocenters. The van der Waals surface area contributed by atoms with E-state index in [1.165, 1.54) is 6.92 Å². The number of carbonyl (C=O) groups excluding carboxylic acids is 2. The number of carbonyl (C=O) groups is 2. The van der Waals surface area contributed by atoms with E-state index in [2.05, 4.69) is 58.3 Å². The van der Waals surface area contributed by atoms with Crippen molar-refractivity contribution >= 4 is 23.1 Å². The maximum Gasteiger partial charge on any atom is 0.302 e.